The Morgan fingerprint density at radius 3 is 2.79 bits per heavy atom. The van der Waals surface area contributed by atoms with Gasteiger partial charge in [0.1, 0.15) is 0 Å². The van der Waals surface area contributed by atoms with Crippen LogP contribution in [0.25, 0.3) is 0 Å². The van der Waals surface area contributed by atoms with Crippen LogP contribution >= 0.6 is 12.4 Å². The molecule has 1 aromatic rings. The second kappa shape index (κ2) is 5.84. The molecule has 2 bridgehead atoms. The number of halogens is 1. The average Bonchev–Trinajstić information content (AvgIpc) is 2.97. The van der Waals surface area contributed by atoms with Gasteiger partial charge in [0.15, 0.2) is 0 Å². The molecule has 0 spiro atoms. The lowest BCUT2D eigenvalue weighted by Gasteiger charge is -2.14. The number of hydrogen-bond acceptors (Lipinski definition) is 4. The van der Waals surface area contributed by atoms with Gasteiger partial charge in [-0.1, -0.05) is 0 Å². The van der Waals surface area contributed by atoms with Gasteiger partial charge in [-0.25, -0.2) is 0 Å². The molecular weight excluding hydrogens is 264 g/mol. The molecule has 0 unspecified atom stereocenters. The van der Waals surface area contributed by atoms with Crippen LogP contribution in [0.1, 0.15) is 24.2 Å². The van der Waals surface area contributed by atoms with E-state index in [0.29, 0.717) is 18.5 Å². The number of aromatic nitrogens is 2. The van der Waals surface area contributed by atoms with E-state index in [-0.39, 0.29) is 24.2 Å². The van der Waals surface area contributed by atoms with Gasteiger partial charge in [0.2, 0.25) is 5.91 Å². The SMILES string of the molecule is Cc1cnc(CNC(=O)[C@@H]2[C@H]3CC[C@@H]2NC3)cn1.Cl. The highest BCUT2D eigenvalue weighted by Gasteiger charge is 2.45. The Bertz CT molecular complexity index is 430. The van der Waals surface area contributed by atoms with Gasteiger partial charge in [-0.15, -0.1) is 12.4 Å². The zero-order valence-electron chi connectivity index (χ0n) is 10.9. The highest BCUT2D eigenvalue weighted by Crippen LogP contribution is 2.36. The lowest BCUT2D eigenvalue weighted by Crippen LogP contribution is -2.36. The van der Waals surface area contributed by atoms with Crippen LogP contribution in [-0.2, 0) is 11.3 Å². The third-order valence-electron chi connectivity index (χ3n) is 4.01. The molecular formula is C13H19ClN4O. The van der Waals surface area contributed by atoms with Crippen molar-refractivity contribution in [2.24, 2.45) is 11.8 Å². The summed E-state index contributed by atoms with van der Waals surface area (Å²) in [5.41, 5.74) is 1.70. The van der Waals surface area contributed by atoms with Crippen molar-refractivity contribution in [2.45, 2.75) is 32.4 Å². The maximum atomic E-state index is 12.1. The minimum atomic E-state index is 0. The van der Waals surface area contributed by atoms with Crippen LogP contribution in [0.3, 0.4) is 0 Å². The van der Waals surface area contributed by atoms with E-state index in [1.54, 1.807) is 12.4 Å². The highest BCUT2D eigenvalue weighted by atomic mass is 35.5. The zero-order chi connectivity index (χ0) is 12.5. The first-order valence-corrected chi connectivity index (χ1v) is 6.52. The van der Waals surface area contributed by atoms with Crippen LogP contribution in [0, 0.1) is 18.8 Å². The number of aryl methyl sites for hydroxylation is 1. The monoisotopic (exact) mass is 282 g/mol. The minimum Gasteiger partial charge on any atom is -0.350 e. The van der Waals surface area contributed by atoms with E-state index in [1.807, 2.05) is 6.92 Å². The van der Waals surface area contributed by atoms with E-state index < -0.39 is 0 Å². The predicted molar refractivity (Wildman–Crippen MR) is 73.9 cm³/mol. The molecule has 2 N–H and O–H groups in total. The summed E-state index contributed by atoms with van der Waals surface area (Å²) >= 11 is 0. The Labute approximate surface area is 119 Å². The Morgan fingerprint density at radius 1 is 1.42 bits per heavy atom. The number of piperidine rings is 1. The van der Waals surface area contributed by atoms with Crippen molar-refractivity contribution >= 4 is 18.3 Å². The average molecular weight is 283 g/mol. The largest absolute Gasteiger partial charge is 0.350 e. The summed E-state index contributed by atoms with van der Waals surface area (Å²) in [6.07, 6.45) is 5.76. The molecule has 2 fully saturated rings. The molecule has 3 rings (SSSR count). The molecule has 1 aliphatic carbocycles. The molecule has 1 aromatic heterocycles. The fourth-order valence-corrected chi connectivity index (χ4v) is 3.05. The summed E-state index contributed by atoms with van der Waals surface area (Å²) in [6, 6.07) is 0.388. The summed E-state index contributed by atoms with van der Waals surface area (Å²) in [4.78, 5) is 20.6. The zero-order valence-corrected chi connectivity index (χ0v) is 11.7. The molecule has 0 aromatic carbocycles. The van der Waals surface area contributed by atoms with Gasteiger partial charge < -0.3 is 10.6 Å². The van der Waals surface area contributed by atoms with Gasteiger partial charge in [-0.2, -0.15) is 0 Å². The number of rotatable bonds is 3. The van der Waals surface area contributed by atoms with E-state index in [9.17, 15) is 4.79 Å². The van der Waals surface area contributed by atoms with Gasteiger partial charge in [-0.05, 0) is 32.2 Å². The molecule has 19 heavy (non-hydrogen) atoms. The predicted octanol–water partition coefficient (Wildman–Crippen LogP) is 0.821. The number of carbonyl (C=O) groups excluding carboxylic acids is 1. The normalized spacial score (nSPS) is 27.9. The van der Waals surface area contributed by atoms with Crippen molar-refractivity contribution in [3.05, 3.63) is 23.8 Å². The lowest BCUT2D eigenvalue weighted by molar-refractivity contribution is -0.125. The third-order valence-corrected chi connectivity index (χ3v) is 4.01. The number of fused-ring (bicyclic) bond motifs is 2. The van der Waals surface area contributed by atoms with Crippen LogP contribution in [0.5, 0.6) is 0 Å². The topological polar surface area (TPSA) is 66.9 Å². The molecule has 2 aliphatic rings. The first kappa shape index (κ1) is 14.2. The van der Waals surface area contributed by atoms with Gasteiger partial charge in [0.25, 0.3) is 0 Å². The van der Waals surface area contributed by atoms with Gasteiger partial charge in [-0.3, -0.25) is 14.8 Å². The third kappa shape index (κ3) is 2.87. The van der Waals surface area contributed by atoms with Crippen LogP contribution < -0.4 is 10.6 Å². The van der Waals surface area contributed by atoms with E-state index in [4.69, 9.17) is 0 Å². The molecule has 0 radical (unpaired) electrons. The van der Waals surface area contributed by atoms with E-state index in [2.05, 4.69) is 20.6 Å². The van der Waals surface area contributed by atoms with Crippen molar-refractivity contribution < 1.29 is 4.79 Å². The Morgan fingerprint density at radius 2 is 2.26 bits per heavy atom. The number of nitrogens with zero attached hydrogens (tertiary/aromatic N) is 2. The smallest absolute Gasteiger partial charge is 0.225 e. The maximum Gasteiger partial charge on any atom is 0.225 e. The molecule has 1 aliphatic heterocycles. The van der Waals surface area contributed by atoms with Crippen molar-refractivity contribution in [2.75, 3.05) is 6.54 Å². The molecule has 3 atom stereocenters. The van der Waals surface area contributed by atoms with Gasteiger partial charge in [0.05, 0.1) is 30.0 Å². The second-order valence-electron chi connectivity index (χ2n) is 5.24. The van der Waals surface area contributed by atoms with Crippen molar-refractivity contribution in [1.29, 1.82) is 0 Å². The van der Waals surface area contributed by atoms with Crippen LogP contribution in [0.4, 0.5) is 0 Å². The van der Waals surface area contributed by atoms with Crippen molar-refractivity contribution in [3.63, 3.8) is 0 Å². The molecule has 1 amide bonds. The molecule has 2 heterocycles. The standard InChI is InChI=1S/C13H18N4O.ClH/c1-8-4-15-10(6-14-8)7-17-13(18)12-9-2-3-11(12)16-5-9;/h4,6,9,11-12,16H,2-3,5,7H2,1H3,(H,17,18);1H/t9-,11-,12+;/m0./s1. The van der Waals surface area contributed by atoms with Gasteiger partial charge >= 0.3 is 0 Å². The number of carbonyl (C=O) groups is 1. The second-order valence-corrected chi connectivity index (χ2v) is 5.24. The Hall–Kier alpha value is -1.20. The first-order chi connectivity index (χ1) is 8.74. The molecule has 6 heteroatoms. The summed E-state index contributed by atoms with van der Waals surface area (Å²) in [7, 11) is 0. The molecule has 104 valence electrons. The number of nitrogens with one attached hydrogen (secondary N) is 2. The number of amides is 1. The lowest BCUT2D eigenvalue weighted by atomic mass is 9.97. The van der Waals surface area contributed by atoms with E-state index in [0.717, 1.165) is 24.4 Å². The first-order valence-electron chi connectivity index (χ1n) is 6.52. The van der Waals surface area contributed by atoms with E-state index >= 15 is 0 Å². The van der Waals surface area contributed by atoms with Crippen LogP contribution in [0.15, 0.2) is 12.4 Å². The summed E-state index contributed by atoms with van der Waals surface area (Å²) in [6.45, 7) is 3.37. The molecule has 1 saturated carbocycles. The fraction of sp³-hybridized carbons (Fsp3) is 0.615. The fourth-order valence-electron chi connectivity index (χ4n) is 3.05. The summed E-state index contributed by atoms with van der Waals surface area (Å²) in [5, 5.41) is 6.38. The van der Waals surface area contributed by atoms with Crippen molar-refractivity contribution in [1.82, 2.24) is 20.6 Å². The molecule has 1 saturated heterocycles. The van der Waals surface area contributed by atoms with E-state index in [1.165, 1.54) is 6.42 Å². The maximum absolute atomic E-state index is 12.1. The van der Waals surface area contributed by atoms with Crippen LogP contribution in [0.2, 0.25) is 0 Å². The van der Waals surface area contributed by atoms with Crippen molar-refractivity contribution in [3.8, 4) is 0 Å². The quantitative estimate of drug-likeness (QED) is 0.861. The summed E-state index contributed by atoms with van der Waals surface area (Å²) < 4.78 is 0. The Kier molecular flexibility index (Phi) is 4.37. The highest BCUT2D eigenvalue weighted by molar-refractivity contribution is 5.85. The summed E-state index contributed by atoms with van der Waals surface area (Å²) in [5.74, 6) is 0.845. The van der Waals surface area contributed by atoms with Crippen LogP contribution in [-0.4, -0.2) is 28.5 Å². The van der Waals surface area contributed by atoms with Gasteiger partial charge in [0, 0.05) is 12.2 Å². The minimum absolute atomic E-state index is 0. The molecule has 5 nitrogen and oxygen atoms in total. The Balaban J connectivity index is 0.00000133. The number of hydrogen-bond donors (Lipinski definition) is 2.